The second-order valence-electron chi connectivity index (χ2n) is 7.62. The summed E-state index contributed by atoms with van der Waals surface area (Å²) in [5, 5.41) is 14.0. The fourth-order valence-corrected chi connectivity index (χ4v) is 4.06. The first-order valence-corrected chi connectivity index (χ1v) is 9.65. The molecule has 142 valence electrons. The zero-order valence-corrected chi connectivity index (χ0v) is 15.4. The summed E-state index contributed by atoms with van der Waals surface area (Å²) in [5.41, 5.74) is 1.13. The number of non-ortho nitro benzene ring substituents is 1. The summed E-state index contributed by atoms with van der Waals surface area (Å²) < 4.78 is 0. The predicted molar refractivity (Wildman–Crippen MR) is 100 cm³/mol. The Kier molecular flexibility index (Phi) is 6.08. The topological polar surface area (TPSA) is 79.9 Å². The highest BCUT2D eigenvalue weighted by Gasteiger charge is 2.26. The van der Waals surface area contributed by atoms with Gasteiger partial charge in [0, 0.05) is 23.9 Å². The number of hydrogen-bond acceptors (Lipinski definition) is 4. The van der Waals surface area contributed by atoms with Gasteiger partial charge in [0.1, 0.15) is 0 Å². The van der Waals surface area contributed by atoms with E-state index in [4.69, 9.17) is 0 Å². The van der Waals surface area contributed by atoms with Crippen LogP contribution in [-0.2, 0) is 4.79 Å². The molecule has 0 aromatic heterocycles. The van der Waals surface area contributed by atoms with E-state index in [1.165, 1.54) is 24.2 Å². The number of nitrogens with one attached hydrogen (secondary N) is 2. The van der Waals surface area contributed by atoms with Gasteiger partial charge in [-0.15, -0.1) is 0 Å². The molecule has 2 aliphatic rings. The molecule has 1 saturated carbocycles. The minimum Gasteiger partial charge on any atom is -0.360 e. The maximum Gasteiger partial charge on any atom is 0.275 e. The monoisotopic (exact) mass is 361 g/mol. The van der Waals surface area contributed by atoms with E-state index in [1.54, 1.807) is 24.3 Å². The first-order chi connectivity index (χ1) is 12.5. The minimum atomic E-state index is -0.377. The molecule has 2 N–H and O–H groups in total. The molecule has 2 atom stereocenters. The average molecular weight is 361 g/mol. The third-order valence-corrected chi connectivity index (χ3v) is 5.76. The van der Waals surface area contributed by atoms with E-state index in [-0.39, 0.29) is 16.5 Å². The molecule has 7 heteroatoms. The SMILES string of the molecule is C[C@@H]1CCCC[C@@H]1NC(=O)C[NH+]1CCN(c2ccc([N+](=O)[O-])cc2)CC1. The first-order valence-electron chi connectivity index (χ1n) is 9.65. The molecule has 1 amide bonds. The number of carbonyl (C=O) groups is 1. The summed E-state index contributed by atoms with van der Waals surface area (Å²) in [5.74, 6) is 0.754. The van der Waals surface area contributed by atoms with Crippen molar-refractivity contribution in [1.82, 2.24) is 5.32 Å². The Hall–Kier alpha value is -2.15. The summed E-state index contributed by atoms with van der Waals surface area (Å²) in [7, 11) is 0. The van der Waals surface area contributed by atoms with Crippen LogP contribution in [-0.4, -0.2) is 49.6 Å². The molecule has 0 bridgehead atoms. The molecule has 7 nitrogen and oxygen atoms in total. The van der Waals surface area contributed by atoms with Gasteiger partial charge >= 0.3 is 0 Å². The number of quaternary nitrogens is 1. The van der Waals surface area contributed by atoms with Crippen LogP contribution >= 0.6 is 0 Å². The van der Waals surface area contributed by atoms with Crippen molar-refractivity contribution in [3.05, 3.63) is 34.4 Å². The van der Waals surface area contributed by atoms with E-state index in [9.17, 15) is 14.9 Å². The lowest BCUT2D eigenvalue weighted by Gasteiger charge is -2.34. The van der Waals surface area contributed by atoms with Crippen molar-refractivity contribution in [2.45, 2.75) is 38.6 Å². The molecule has 3 rings (SSSR count). The fraction of sp³-hybridized carbons (Fsp3) is 0.632. The molecule has 26 heavy (non-hydrogen) atoms. The molecule has 1 aliphatic heterocycles. The van der Waals surface area contributed by atoms with Gasteiger partial charge in [0.05, 0.1) is 31.1 Å². The Morgan fingerprint density at radius 2 is 1.88 bits per heavy atom. The second kappa shape index (κ2) is 8.49. The highest BCUT2D eigenvalue weighted by Crippen LogP contribution is 2.23. The van der Waals surface area contributed by atoms with E-state index >= 15 is 0 Å². The minimum absolute atomic E-state index is 0.117. The van der Waals surface area contributed by atoms with Gasteiger partial charge in [0.2, 0.25) is 0 Å². The molecule has 2 fully saturated rings. The zero-order valence-electron chi connectivity index (χ0n) is 15.4. The van der Waals surface area contributed by atoms with Crippen LogP contribution in [0.3, 0.4) is 0 Å². The normalized spacial score (nSPS) is 24.3. The van der Waals surface area contributed by atoms with E-state index in [2.05, 4.69) is 17.1 Å². The van der Waals surface area contributed by atoms with Crippen LogP contribution in [0.25, 0.3) is 0 Å². The van der Waals surface area contributed by atoms with Crippen LogP contribution in [0.1, 0.15) is 32.6 Å². The van der Waals surface area contributed by atoms with Crippen molar-refractivity contribution < 1.29 is 14.6 Å². The first kappa shape index (κ1) is 18.6. The van der Waals surface area contributed by atoms with Gasteiger partial charge in [-0.1, -0.05) is 19.8 Å². The predicted octanol–water partition coefficient (Wildman–Crippen LogP) is 0.995. The van der Waals surface area contributed by atoms with Gasteiger partial charge in [-0.3, -0.25) is 14.9 Å². The van der Waals surface area contributed by atoms with Gasteiger partial charge in [0.15, 0.2) is 6.54 Å². The number of piperazine rings is 1. The number of anilines is 1. The third-order valence-electron chi connectivity index (χ3n) is 5.76. The van der Waals surface area contributed by atoms with Crippen molar-refractivity contribution in [2.75, 3.05) is 37.6 Å². The summed E-state index contributed by atoms with van der Waals surface area (Å²) in [6.45, 7) is 6.31. The van der Waals surface area contributed by atoms with Crippen molar-refractivity contribution in [2.24, 2.45) is 5.92 Å². The Morgan fingerprint density at radius 3 is 2.50 bits per heavy atom. The van der Waals surface area contributed by atoms with E-state index in [0.717, 1.165) is 38.3 Å². The van der Waals surface area contributed by atoms with Crippen molar-refractivity contribution >= 4 is 17.3 Å². The van der Waals surface area contributed by atoms with Crippen LogP contribution in [0, 0.1) is 16.0 Å². The molecule has 1 aliphatic carbocycles. The molecule has 1 aromatic rings. The lowest BCUT2D eigenvalue weighted by Crippen LogP contribution is -3.16. The maximum atomic E-state index is 12.4. The fourth-order valence-electron chi connectivity index (χ4n) is 4.06. The largest absolute Gasteiger partial charge is 0.360 e. The number of benzene rings is 1. The van der Waals surface area contributed by atoms with Crippen LogP contribution in [0.15, 0.2) is 24.3 Å². The van der Waals surface area contributed by atoms with Crippen molar-refractivity contribution in [3.63, 3.8) is 0 Å². The van der Waals surface area contributed by atoms with E-state index in [0.29, 0.717) is 18.5 Å². The molecule has 1 heterocycles. The highest BCUT2D eigenvalue weighted by atomic mass is 16.6. The van der Waals surface area contributed by atoms with Crippen LogP contribution < -0.4 is 15.1 Å². The molecular weight excluding hydrogens is 332 g/mol. The van der Waals surface area contributed by atoms with Crippen LogP contribution in [0.4, 0.5) is 11.4 Å². The maximum absolute atomic E-state index is 12.4. The third kappa shape index (κ3) is 4.72. The average Bonchev–Trinajstić information content (AvgIpc) is 2.64. The number of nitrogens with zero attached hydrogens (tertiary/aromatic N) is 2. The van der Waals surface area contributed by atoms with E-state index < -0.39 is 0 Å². The molecule has 0 spiro atoms. The second-order valence-corrected chi connectivity index (χ2v) is 7.62. The highest BCUT2D eigenvalue weighted by molar-refractivity contribution is 5.77. The van der Waals surface area contributed by atoms with Gasteiger partial charge in [-0.2, -0.15) is 0 Å². The van der Waals surface area contributed by atoms with Gasteiger partial charge < -0.3 is 15.1 Å². The van der Waals surface area contributed by atoms with Gasteiger partial charge in [-0.25, -0.2) is 0 Å². The molecular formula is C19H29N4O3+. The quantitative estimate of drug-likeness (QED) is 0.606. The van der Waals surface area contributed by atoms with Crippen LogP contribution in [0.2, 0.25) is 0 Å². The van der Waals surface area contributed by atoms with Gasteiger partial charge in [0.25, 0.3) is 11.6 Å². The lowest BCUT2D eigenvalue weighted by molar-refractivity contribution is -0.892. The van der Waals surface area contributed by atoms with E-state index in [1.807, 2.05) is 0 Å². The lowest BCUT2D eigenvalue weighted by atomic mass is 9.86. The number of hydrogen-bond donors (Lipinski definition) is 2. The smallest absolute Gasteiger partial charge is 0.275 e. The molecule has 0 radical (unpaired) electrons. The summed E-state index contributed by atoms with van der Waals surface area (Å²) in [6, 6.07) is 7.05. The number of rotatable bonds is 5. The number of amides is 1. The Morgan fingerprint density at radius 1 is 1.23 bits per heavy atom. The number of nitro groups is 1. The van der Waals surface area contributed by atoms with Crippen molar-refractivity contribution in [3.8, 4) is 0 Å². The number of nitro benzene ring substituents is 1. The van der Waals surface area contributed by atoms with Crippen LogP contribution in [0.5, 0.6) is 0 Å². The van der Waals surface area contributed by atoms with Gasteiger partial charge in [-0.05, 0) is 30.9 Å². The Balaban J connectivity index is 1.44. The zero-order chi connectivity index (χ0) is 18.5. The van der Waals surface area contributed by atoms with Crippen molar-refractivity contribution in [1.29, 1.82) is 0 Å². The summed E-state index contributed by atoms with van der Waals surface area (Å²) in [6.07, 6.45) is 4.82. The standard InChI is InChI=1S/C19H28N4O3/c1-15-4-2-3-5-18(15)20-19(24)14-21-10-12-22(13-11-21)16-6-8-17(9-7-16)23(25)26/h6-9,15,18H,2-5,10-14H2,1H3,(H,20,24)/p+1/t15-,18+/m1/s1. The number of carbonyl (C=O) groups excluding carboxylic acids is 1. The molecule has 1 saturated heterocycles. The Labute approximate surface area is 154 Å². The summed E-state index contributed by atoms with van der Waals surface area (Å²) in [4.78, 5) is 26.3. The Bertz CT molecular complexity index is 626. The molecule has 1 aromatic carbocycles. The molecule has 0 unspecified atom stereocenters. The summed E-state index contributed by atoms with van der Waals surface area (Å²) >= 11 is 0.